The molecule has 0 heterocycles. The van der Waals surface area contributed by atoms with Gasteiger partial charge in [0.15, 0.2) is 0 Å². The maximum atomic E-state index is 5.59. The van der Waals surface area contributed by atoms with Crippen LogP contribution in [-0.2, 0) is 0 Å². The van der Waals surface area contributed by atoms with E-state index in [1.165, 1.54) is 62.5 Å². The van der Waals surface area contributed by atoms with Gasteiger partial charge in [0.1, 0.15) is 12.4 Å². The SMILES string of the molecule is C=CCOc1ccc(-c2ccc(C3CCC4CC(CCC)CCC4C3)cc2)cc1. The standard InChI is InChI=1S/C28H36O/c1-3-5-21-6-7-27-20-26(13-12-25(27)19-21)24-10-8-22(9-11-24)23-14-16-28(17-15-23)29-18-4-2/h4,8-11,14-17,21,25-27H,2-3,5-7,12-13,18-20H2,1H3. The van der Waals surface area contributed by atoms with Gasteiger partial charge in [-0.3, -0.25) is 0 Å². The minimum atomic E-state index is 0.552. The van der Waals surface area contributed by atoms with Crippen LogP contribution in [0.2, 0.25) is 0 Å². The van der Waals surface area contributed by atoms with E-state index >= 15 is 0 Å². The molecular weight excluding hydrogens is 352 g/mol. The van der Waals surface area contributed by atoms with E-state index in [1.54, 1.807) is 11.6 Å². The fraction of sp³-hybridized carbons (Fsp3) is 0.500. The van der Waals surface area contributed by atoms with Crippen LogP contribution in [0, 0.1) is 17.8 Å². The molecule has 0 N–H and O–H groups in total. The molecule has 0 spiro atoms. The highest BCUT2D eigenvalue weighted by Crippen LogP contribution is 2.48. The van der Waals surface area contributed by atoms with Crippen molar-refractivity contribution in [3.8, 4) is 16.9 Å². The van der Waals surface area contributed by atoms with E-state index in [0.717, 1.165) is 29.4 Å². The summed E-state index contributed by atoms with van der Waals surface area (Å²) in [6.45, 7) is 6.59. The number of benzene rings is 2. The number of ether oxygens (including phenoxy) is 1. The summed E-state index contributed by atoms with van der Waals surface area (Å²) < 4.78 is 5.59. The van der Waals surface area contributed by atoms with Gasteiger partial charge in [0.2, 0.25) is 0 Å². The van der Waals surface area contributed by atoms with Crippen LogP contribution in [0.1, 0.15) is 69.8 Å². The molecule has 29 heavy (non-hydrogen) atoms. The van der Waals surface area contributed by atoms with Crippen LogP contribution in [0.3, 0.4) is 0 Å². The van der Waals surface area contributed by atoms with E-state index in [2.05, 4.69) is 49.9 Å². The van der Waals surface area contributed by atoms with Gasteiger partial charge in [-0.15, -0.1) is 0 Å². The Labute approximate surface area is 177 Å². The van der Waals surface area contributed by atoms with Crippen molar-refractivity contribution >= 4 is 0 Å². The molecule has 0 aliphatic heterocycles. The Morgan fingerprint density at radius 2 is 1.52 bits per heavy atom. The molecular formula is C28H36O. The fourth-order valence-corrected chi connectivity index (χ4v) is 5.81. The summed E-state index contributed by atoms with van der Waals surface area (Å²) in [5, 5.41) is 0. The summed E-state index contributed by atoms with van der Waals surface area (Å²) in [4.78, 5) is 0. The predicted octanol–water partition coefficient (Wildman–Crippen LogP) is 8.02. The first-order chi connectivity index (χ1) is 14.3. The molecule has 2 aliphatic carbocycles. The van der Waals surface area contributed by atoms with Crippen LogP contribution < -0.4 is 4.74 Å². The second-order valence-electron chi connectivity index (χ2n) is 9.24. The molecule has 0 radical (unpaired) electrons. The van der Waals surface area contributed by atoms with Gasteiger partial charge in [0.05, 0.1) is 0 Å². The smallest absolute Gasteiger partial charge is 0.119 e. The van der Waals surface area contributed by atoms with Gasteiger partial charge in [0, 0.05) is 0 Å². The normalized spacial score (nSPS) is 26.5. The minimum absolute atomic E-state index is 0.552. The van der Waals surface area contributed by atoms with Crippen molar-refractivity contribution in [2.45, 2.75) is 64.2 Å². The lowest BCUT2D eigenvalue weighted by molar-refractivity contribution is 0.114. The zero-order chi connectivity index (χ0) is 20.1. The summed E-state index contributed by atoms with van der Waals surface area (Å²) in [7, 11) is 0. The average molecular weight is 389 g/mol. The third-order valence-corrected chi connectivity index (χ3v) is 7.36. The maximum absolute atomic E-state index is 5.59. The van der Waals surface area contributed by atoms with Crippen molar-refractivity contribution in [3.05, 3.63) is 66.7 Å². The molecule has 0 aromatic heterocycles. The zero-order valence-electron chi connectivity index (χ0n) is 18.0. The number of hydrogen-bond acceptors (Lipinski definition) is 1. The lowest BCUT2D eigenvalue weighted by Gasteiger charge is -2.42. The first kappa shape index (κ1) is 20.3. The molecule has 2 saturated carbocycles. The van der Waals surface area contributed by atoms with E-state index in [0.29, 0.717) is 6.61 Å². The quantitative estimate of drug-likeness (QED) is 0.436. The number of fused-ring (bicyclic) bond motifs is 1. The van der Waals surface area contributed by atoms with Gasteiger partial charge >= 0.3 is 0 Å². The van der Waals surface area contributed by atoms with Crippen molar-refractivity contribution < 1.29 is 4.74 Å². The monoisotopic (exact) mass is 388 g/mol. The second-order valence-corrected chi connectivity index (χ2v) is 9.24. The topological polar surface area (TPSA) is 9.23 Å². The molecule has 4 atom stereocenters. The van der Waals surface area contributed by atoms with Gasteiger partial charge in [-0.25, -0.2) is 0 Å². The van der Waals surface area contributed by atoms with Crippen LogP contribution in [0.25, 0.3) is 11.1 Å². The lowest BCUT2D eigenvalue weighted by Crippen LogP contribution is -2.30. The Balaban J connectivity index is 1.37. The molecule has 0 saturated heterocycles. The Bertz CT molecular complexity index is 773. The summed E-state index contributed by atoms with van der Waals surface area (Å²) in [5.41, 5.74) is 4.09. The van der Waals surface area contributed by atoms with Crippen LogP contribution in [0.4, 0.5) is 0 Å². The summed E-state index contributed by atoms with van der Waals surface area (Å²) in [6.07, 6.45) is 13.3. The minimum Gasteiger partial charge on any atom is -0.490 e. The molecule has 0 amide bonds. The fourth-order valence-electron chi connectivity index (χ4n) is 5.81. The molecule has 154 valence electrons. The molecule has 2 fully saturated rings. The molecule has 1 nitrogen and oxygen atoms in total. The van der Waals surface area contributed by atoms with Crippen LogP contribution >= 0.6 is 0 Å². The van der Waals surface area contributed by atoms with Crippen molar-refractivity contribution in [2.24, 2.45) is 17.8 Å². The van der Waals surface area contributed by atoms with Crippen molar-refractivity contribution in [1.29, 1.82) is 0 Å². The third kappa shape index (κ3) is 4.94. The summed E-state index contributed by atoms with van der Waals surface area (Å²) in [6, 6.07) is 17.8. The van der Waals surface area contributed by atoms with Crippen LogP contribution in [0.15, 0.2) is 61.2 Å². The highest BCUT2D eigenvalue weighted by atomic mass is 16.5. The average Bonchev–Trinajstić information content (AvgIpc) is 2.78. The van der Waals surface area contributed by atoms with Gasteiger partial charge in [0.25, 0.3) is 0 Å². The van der Waals surface area contributed by atoms with E-state index in [-0.39, 0.29) is 0 Å². The largest absolute Gasteiger partial charge is 0.490 e. The van der Waals surface area contributed by atoms with E-state index in [9.17, 15) is 0 Å². The maximum Gasteiger partial charge on any atom is 0.119 e. The molecule has 2 aliphatic rings. The van der Waals surface area contributed by atoms with Gasteiger partial charge < -0.3 is 4.74 Å². The van der Waals surface area contributed by atoms with Crippen molar-refractivity contribution in [3.63, 3.8) is 0 Å². The van der Waals surface area contributed by atoms with E-state index in [1.807, 2.05) is 12.1 Å². The molecule has 2 aromatic carbocycles. The molecule has 2 aromatic rings. The lowest BCUT2D eigenvalue weighted by atomic mass is 9.63. The predicted molar refractivity (Wildman–Crippen MR) is 123 cm³/mol. The Hall–Kier alpha value is -2.02. The van der Waals surface area contributed by atoms with Crippen molar-refractivity contribution in [2.75, 3.05) is 6.61 Å². The first-order valence-corrected chi connectivity index (χ1v) is 11.7. The number of rotatable bonds is 7. The van der Waals surface area contributed by atoms with Crippen LogP contribution in [-0.4, -0.2) is 6.61 Å². The highest BCUT2D eigenvalue weighted by molar-refractivity contribution is 5.64. The highest BCUT2D eigenvalue weighted by Gasteiger charge is 2.35. The molecule has 4 unspecified atom stereocenters. The molecule has 1 heteroatoms. The Morgan fingerprint density at radius 3 is 2.21 bits per heavy atom. The molecule has 4 rings (SSSR count). The second kappa shape index (κ2) is 9.65. The Kier molecular flexibility index (Phi) is 6.74. The zero-order valence-corrected chi connectivity index (χ0v) is 18.0. The van der Waals surface area contributed by atoms with Gasteiger partial charge in [-0.2, -0.15) is 0 Å². The van der Waals surface area contributed by atoms with Gasteiger partial charge in [-0.05, 0) is 84.6 Å². The Morgan fingerprint density at radius 1 is 0.862 bits per heavy atom. The van der Waals surface area contributed by atoms with Crippen molar-refractivity contribution in [1.82, 2.24) is 0 Å². The first-order valence-electron chi connectivity index (χ1n) is 11.7. The van der Waals surface area contributed by atoms with E-state index < -0.39 is 0 Å². The third-order valence-electron chi connectivity index (χ3n) is 7.36. The van der Waals surface area contributed by atoms with E-state index in [4.69, 9.17) is 4.74 Å². The van der Waals surface area contributed by atoms with Crippen LogP contribution in [0.5, 0.6) is 5.75 Å². The summed E-state index contributed by atoms with van der Waals surface area (Å²) in [5.74, 6) is 4.67. The molecule has 0 bridgehead atoms. The summed E-state index contributed by atoms with van der Waals surface area (Å²) >= 11 is 0. The van der Waals surface area contributed by atoms with Gasteiger partial charge in [-0.1, -0.05) is 75.2 Å². The number of hydrogen-bond donors (Lipinski definition) is 0.